The smallest absolute Gasteiger partial charge is 0.267 e. The first-order valence-electron chi connectivity index (χ1n) is 12.5. The van der Waals surface area contributed by atoms with Crippen LogP contribution in [-0.2, 0) is 0 Å². The van der Waals surface area contributed by atoms with Crippen molar-refractivity contribution in [2.24, 2.45) is 11.8 Å². The third-order valence-electron chi connectivity index (χ3n) is 7.43. The van der Waals surface area contributed by atoms with E-state index in [-0.39, 0.29) is 16.7 Å². The second-order valence-electron chi connectivity index (χ2n) is 9.91. The van der Waals surface area contributed by atoms with Crippen LogP contribution in [0.4, 0.5) is 4.39 Å². The van der Waals surface area contributed by atoms with Crippen molar-refractivity contribution in [3.63, 3.8) is 0 Å². The molecule has 0 N–H and O–H groups in total. The van der Waals surface area contributed by atoms with E-state index >= 15 is 4.39 Å². The van der Waals surface area contributed by atoms with E-state index in [0.29, 0.717) is 30.3 Å². The molecule has 0 saturated carbocycles. The highest BCUT2D eigenvalue weighted by Crippen LogP contribution is 2.36. The highest BCUT2D eigenvalue weighted by molar-refractivity contribution is 7.20. The van der Waals surface area contributed by atoms with E-state index in [4.69, 9.17) is 0 Å². The zero-order valence-corrected chi connectivity index (χ0v) is 20.7. The van der Waals surface area contributed by atoms with E-state index in [2.05, 4.69) is 0 Å². The average molecular weight is 499 g/mol. The number of hydrogen-bond acceptors (Lipinski definition) is 3. The molecule has 0 unspecified atom stereocenters. The molecule has 2 aliphatic heterocycles. The first-order chi connectivity index (χ1) is 17.6. The van der Waals surface area contributed by atoms with Gasteiger partial charge >= 0.3 is 0 Å². The number of amides is 2. The van der Waals surface area contributed by atoms with Gasteiger partial charge in [0.05, 0.1) is 0 Å². The number of thiophene rings is 1. The van der Waals surface area contributed by atoms with Crippen LogP contribution in [0, 0.1) is 17.7 Å². The molecule has 1 aromatic heterocycles. The summed E-state index contributed by atoms with van der Waals surface area (Å²) in [6.07, 6.45) is 2.00. The molecule has 182 valence electrons. The second kappa shape index (κ2) is 9.51. The molecule has 0 aliphatic carbocycles. The molecule has 2 saturated heterocycles. The topological polar surface area (TPSA) is 40.6 Å². The highest BCUT2D eigenvalue weighted by atomic mass is 32.1. The summed E-state index contributed by atoms with van der Waals surface area (Å²) in [5.74, 6) is 0.343. The summed E-state index contributed by atoms with van der Waals surface area (Å²) >= 11 is 1.24. The standard InChI is InChI=1S/C30H27FN2O2S/c31-27-25-16-24(22-7-3-1-4-8-22)11-12-26(25)36-28(27)30(35)33-18-21(19-33)15-20-13-14-32(17-20)29(34)23-9-5-2-6-10-23/h1-12,16,20-21H,13-15,17-19H2/t20-/m1/s1. The molecule has 2 amide bonds. The Bertz CT molecular complexity index is 1410. The van der Waals surface area contributed by atoms with Gasteiger partial charge in [0, 0.05) is 41.8 Å². The molecule has 6 rings (SSSR count). The molecule has 4 aromatic rings. The summed E-state index contributed by atoms with van der Waals surface area (Å²) in [5, 5.41) is 0.510. The number of rotatable bonds is 5. The Morgan fingerprint density at radius 1 is 0.806 bits per heavy atom. The van der Waals surface area contributed by atoms with Gasteiger partial charge in [-0.1, -0.05) is 54.6 Å². The van der Waals surface area contributed by atoms with Crippen molar-refractivity contribution in [2.45, 2.75) is 12.8 Å². The Hall–Kier alpha value is -3.51. The van der Waals surface area contributed by atoms with Gasteiger partial charge in [-0.15, -0.1) is 11.3 Å². The first-order valence-corrected chi connectivity index (χ1v) is 13.3. The summed E-state index contributed by atoms with van der Waals surface area (Å²) in [7, 11) is 0. The van der Waals surface area contributed by atoms with E-state index in [1.165, 1.54) is 11.3 Å². The number of carbonyl (C=O) groups is 2. The molecule has 0 bridgehead atoms. The van der Waals surface area contributed by atoms with Gasteiger partial charge in [-0.3, -0.25) is 9.59 Å². The summed E-state index contributed by atoms with van der Waals surface area (Å²) in [6.45, 7) is 2.87. The minimum absolute atomic E-state index is 0.0965. The maximum atomic E-state index is 15.3. The van der Waals surface area contributed by atoms with Crippen LogP contribution in [0.1, 0.15) is 32.9 Å². The maximum absolute atomic E-state index is 15.3. The number of nitrogens with zero attached hydrogens (tertiary/aromatic N) is 2. The number of benzene rings is 3. The Morgan fingerprint density at radius 3 is 2.25 bits per heavy atom. The fraction of sp³-hybridized carbons (Fsp3) is 0.267. The summed E-state index contributed by atoms with van der Waals surface area (Å²) in [5.41, 5.74) is 2.71. The van der Waals surface area contributed by atoms with Crippen molar-refractivity contribution in [1.29, 1.82) is 0 Å². The van der Waals surface area contributed by atoms with E-state index in [1.807, 2.05) is 83.8 Å². The number of hydrogen-bond donors (Lipinski definition) is 0. The first kappa shape index (κ1) is 22.9. The highest BCUT2D eigenvalue weighted by Gasteiger charge is 2.37. The third kappa shape index (κ3) is 4.30. The zero-order valence-electron chi connectivity index (χ0n) is 19.9. The Morgan fingerprint density at radius 2 is 1.50 bits per heavy atom. The minimum Gasteiger partial charge on any atom is -0.338 e. The number of likely N-dealkylation sites (tertiary alicyclic amines) is 2. The minimum atomic E-state index is -0.410. The van der Waals surface area contributed by atoms with Crippen LogP contribution >= 0.6 is 11.3 Å². The van der Waals surface area contributed by atoms with Crippen LogP contribution in [0.5, 0.6) is 0 Å². The van der Waals surface area contributed by atoms with Crippen molar-refractivity contribution in [1.82, 2.24) is 9.80 Å². The van der Waals surface area contributed by atoms with E-state index < -0.39 is 5.82 Å². The molecule has 3 aromatic carbocycles. The molecule has 1 atom stereocenters. The monoisotopic (exact) mass is 498 g/mol. The van der Waals surface area contributed by atoms with Gasteiger partial charge in [0.2, 0.25) is 0 Å². The van der Waals surface area contributed by atoms with Crippen molar-refractivity contribution >= 4 is 33.2 Å². The average Bonchev–Trinajstić information content (AvgIpc) is 3.50. The lowest BCUT2D eigenvalue weighted by Crippen LogP contribution is -2.50. The van der Waals surface area contributed by atoms with Crippen molar-refractivity contribution < 1.29 is 14.0 Å². The van der Waals surface area contributed by atoms with E-state index in [0.717, 1.165) is 47.3 Å². The normalized spacial score (nSPS) is 18.0. The molecule has 4 nitrogen and oxygen atoms in total. The number of halogens is 1. The molecular weight excluding hydrogens is 471 g/mol. The number of fused-ring (bicyclic) bond motifs is 1. The van der Waals surface area contributed by atoms with Crippen molar-refractivity contribution in [2.75, 3.05) is 26.2 Å². The van der Waals surface area contributed by atoms with Gasteiger partial charge < -0.3 is 9.80 Å². The predicted molar refractivity (Wildman–Crippen MR) is 142 cm³/mol. The van der Waals surface area contributed by atoms with Crippen LogP contribution in [0.15, 0.2) is 78.9 Å². The summed E-state index contributed by atoms with van der Waals surface area (Å²) < 4.78 is 16.1. The third-order valence-corrected chi connectivity index (χ3v) is 8.57. The van der Waals surface area contributed by atoms with Crippen LogP contribution in [0.3, 0.4) is 0 Å². The molecular formula is C30H27FN2O2S. The molecule has 3 heterocycles. The Kier molecular flexibility index (Phi) is 6.05. The fourth-order valence-electron chi connectivity index (χ4n) is 5.49. The van der Waals surface area contributed by atoms with E-state index in [9.17, 15) is 9.59 Å². The quantitative estimate of drug-likeness (QED) is 0.323. The lowest BCUT2D eigenvalue weighted by atomic mass is 9.88. The van der Waals surface area contributed by atoms with Crippen LogP contribution < -0.4 is 0 Å². The van der Waals surface area contributed by atoms with Gasteiger partial charge in [0.1, 0.15) is 4.88 Å². The van der Waals surface area contributed by atoms with Gasteiger partial charge in [-0.05, 0) is 60.1 Å². The molecule has 0 radical (unpaired) electrons. The summed E-state index contributed by atoms with van der Waals surface area (Å²) in [6, 6.07) is 25.0. The SMILES string of the molecule is O=C(c1ccccc1)N1CC[C@H](CC2CN(C(=O)c3sc4ccc(-c5ccccc5)cc4c3F)C2)C1. The van der Waals surface area contributed by atoms with Gasteiger partial charge in [0.15, 0.2) is 5.82 Å². The van der Waals surface area contributed by atoms with Crippen molar-refractivity contribution in [3.8, 4) is 11.1 Å². The van der Waals surface area contributed by atoms with Gasteiger partial charge in [-0.2, -0.15) is 0 Å². The van der Waals surface area contributed by atoms with E-state index in [1.54, 1.807) is 4.90 Å². The van der Waals surface area contributed by atoms with Crippen molar-refractivity contribution in [3.05, 3.63) is 95.1 Å². The predicted octanol–water partition coefficient (Wildman–Crippen LogP) is 6.33. The lowest BCUT2D eigenvalue weighted by Gasteiger charge is -2.40. The molecule has 2 fully saturated rings. The Balaban J connectivity index is 1.07. The molecule has 36 heavy (non-hydrogen) atoms. The summed E-state index contributed by atoms with van der Waals surface area (Å²) in [4.78, 5) is 29.7. The Labute approximate surface area is 214 Å². The largest absolute Gasteiger partial charge is 0.338 e. The van der Waals surface area contributed by atoms with Gasteiger partial charge in [0.25, 0.3) is 11.8 Å². The van der Waals surface area contributed by atoms with Gasteiger partial charge in [-0.25, -0.2) is 4.39 Å². The maximum Gasteiger partial charge on any atom is 0.267 e. The molecule has 2 aliphatic rings. The van der Waals surface area contributed by atoms with Crippen LogP contribution in [0.25, 0.3) is 21.2 Å². The van der Waals surface area contributed by atoms with Crippen LogP contribution in [0.2, 0.25) is 0 Å². The molecule has 0 spiro atoms. The zero-order chi connectivity index (χ0) is 24.6. The lowest BCUT2D eigenvalue weighted by molar-refractivity contribution is 0.0454. The fourth-order valence-corrected chi connectivity index (χ4v) is 6.52. The van der Waals surface area contributed by atoms with Crippen LogP contribution in [-0.4, -0.2) is 47.8 Å². The number of carbonyl (C=O) groups excluding carboxylic acids is 2. The molecule has 6 heteroatoms. The second-order valence-corrected chi connectivity index (χ2v) is 11.0.